The summed E-state index contributed by atoms with van der Waals surface area (Å²) in [5.74, 6) is -0.524. The fourth-order valence-corrected chi connectivity index (χ4v) is 5.40. The molecule has 3 aromatic heterocycles. The average Bonchev–Trinajstić information content (AvgIpc) is 3.63. The highest BCUT2D eigenvalue weighted by Gasteiger charge is 2.31. The van der Waals surface area contributed by atoms with Crippen LogP contribution in [-0.2, 0) is 24.1 Å². The predicted octanol–water partition coefficient (Wildman–Crippen LogP) is 4.79. The van der Waals surface area contributed by atoms with Crippen molar-refractivity contribution in [3.8, 4) is 5.75 Å². The number of ether oxygens (including phenoxy) is 1. The van der Waals surface area contributed by atoms with Crippen LogP contribution in [0.4, 0.5) is 18.3 Å². The van der Waals surface area contributed by atoms with E-state index in [9.17, 15) is 22.8 Å². The van der Waals surface area contributed by atoms with Crippen molar-refractivity contribution in [3.63, 3.8) is 0 Å². The van der Waals surface area contributed by atoms with Crippen molar-refractivity contribution in [1.29, 1.82) is 0 Å². The number of hydrogen-bond acceptors (Lipinski definition) is 10. The van der Waals surface area contributed by atoms with Gasteiger partial charge in [-0.2, -0.15) is 10.2 Å². The van der Waals surface area contributed by atoms with Gasteiger partial charge >= 0.3 is 6.36 Å². The molecule has 0 aliphatic carbocycles. The Morgan fingerprint density at radius 1 is 0.976 bits per heavy atom. The molecule has 0 bridgehead atoms. The third kappa shape index (κ3) is 7.91. The zero-order chi connectivity index (χ0) is 28.8. The zero-order valence-corrected chi connectivity index (χ0v) is 22.6. The molecular formula is C28H25F3N6O3S. The number of hydrogen-bond donors (Lipinski definition) is 0. The average molecular weight is 583 g/mol. The lowest BCUT2D eigenvalue weighted by molar-refractivity contribution is -0.274. The van der Waals surface area contributed by atoms with Crippen molar-refractivity contribution in [1.82, 2.24) is 25.4 Å². The van der Waals surface area contributed by atoms with E-state index in [4.69, 9.17) is 0 Å². The van der Waals surface area contributed by atoms with Crippen LogP contribution < -0.4 is 9.64 Å². The highest BCUT2D eigenvalue weighted by atomic mass is 32.1. The van der Waals surface area contributed by atoms with E-state index in [1.165, 1.54) is 29.5 Å². The van der Waals surface area contributed by atoms with E-state index in [1.807, 2.05) is 24.3 Å². The van der Waals surface area contributed by atoms with Crippen LogP contribution in [0.15, 0.2) is 60.8 Å². The van der Waals surface area contributed by atoms with Gasteiger partial charge in [-0.25, -0.2) is 0 Å². The van der Waals surface area contributed by atoms with Gasteiger partial charge in [0.15, 0.2) is 10.8 Å². The number of Topliss-reactive ketones (excluding diaryl/α,β-unsaturated/α-hetero) is 2. The van der Waals surface area contributed by atoms with Gasteiger partial charge in [0.2, 0.25) is 5.13 Å². The number of nitrogens with zero attached hydrogens (tertiary/aromatic N) is 6. The van der Waals surface area contributed by atoms with Crippen LogP contribution in [0, 0.1) is 0 Å². The Kier molecular flexibility index (Phi) is 8.62. The minimum atomic E-state index is -4.80. The number of carbonyl (C=O) groups excluding carboxylic acids is 2. The summed E-state index contributed by atoms with van der Waals surface area (Å²) in [7, 11) is 0. The summed E-state index contributed by atoms with van der Waals surface area (Å²) in [5, 5.41) is 17.9. The molecule has 13 heteroatoms. The van der Waals surface area contributed by atoms with Gasteiger partial charge in [0.25, 0.3) is 0 Å². The largest absolute Gasteiger partial charge is 0.573 e. The molecule has 1 unspecified atom stereocenters. The summed E-state index contributed by atoms with van der Waals surface area (Å²) in [5.41, 5.74) is 2.54. The molecule has 1 fully saturated rings. The van der Waals surface area contributed by atoms with Gasteiger partial charge in [-0.05, 0) is 54.8 Å². The van der Waals surface area contributed by atoms with Crippen LogP contribution in [0.1, 0.15) is 51.2 Å². The Labute approximate surface area is 237 Å². The Balaban J connectivity index is 1.11. The van der Waals surface area contributed by atoms with Gasteiger partial charge in [-0.1, -0.05) is 29.5 Å². The van der Waals surface area contributed by atoms with Gasteiger partial charge in [0.05, 0.1) is 17.8 Å². The second-order valence-corrected chi connectivity index (χ2v) is 10.6. The number of rotatable bonds is 11. The minimum Gasteiger partial charge on any atom is -0.406 e. The zero-order valence-electron chi connectivity index (χ0n) is 21.8. The van der Waals surface area contributed by atoms with Gasteiger partial charge in [-0.15, -0.1) is 23.4 Å². The molecule has 41 heavy (non-hydrogen) atoms. The molecule has 1 aromatic carbocycles. The number of carbonyl (C=O) groups is 2. The van der Waals surface area contributed by atoms with Crippen molar-refractivity contribution < 1.29 is 27.5 Å². The molecule has 212 valence electrons. The van der Waals surface area contributed by atoms with Gasteiger partial charge in [0.1, 0.15) is 11.5 Å². The van der Waals surface area contributed by atoms with Crippen molar-refractivity contribution in [2.24, 2.45) is 0 Å². The monoisotopic (exact) mass is 582 g/mol. The molecule has 0 radical (unpaired) electrons. The first-order valence-electron chi connectivity index (χ1n) is 12.9. The molecule has 1 atom stereocenters. The number of anilines is 1. The lowest BCUT2D eigenvalue weighted by atomic mass is 10.0. The van der Waals surface area contributed by atoms with Crippen LogP contribution in [0.2, 0.25) is 0 Å². The number of benzene rings is 1. The normalized spacial score (nSPS) is 15.2. The molecule has 0 spiro atoms. The van der Waals surface area contributed by atoms with Crippen molar-refractivity contribution in [2.75, 3.05) is 18.0 Å². The van der Waals surface area contributed by atoms with Gasteiger partial charge in [0, 0.05) is 43.7 Å². The molecule has 1 aliphatic heterocycles. The number of ketones is 2. The van der Waals surface area contributed by atoms with E-state index in [-0.39, 0.29) is 36.1 Å². The van der Waals surface area contributed by atoms with Crippen LogP contribution in [0.3, 0.4) is 0 Å². The summed E-state index contributed by atoms with van der Waals surface area (Å²) >= 11 is 1.28. The molecule has 9 nitrogen and oxygen atoms in total. The molecule has 0 saturated carbocycles. The Morgan fingerprint density at radius 2 is 1.85 bits per heavy atom. The maximum atomic E-state index is 12.6. The third-order valence-electron chi connectivity index (χ3n) is 6.52. The van der Waals surface area contributed by atoms with Crippen LogP contribution in [-0.4, -0.2) is 56.4 Å². The van der Waals surface area contributed by atoms with E-state index in [0.717, 1.165) is 24.4 Å². The lowest BCUT2D eigenvalue weighted by Gasteiger charge is -2.13. The van der Waals surface area contributed by atoms with Crippen LogP contribution >= 0.6 is 11.3 Å². The van der Waals surface area contributed by atoms with Gasteiger partial charge < -0.3 is 9.64 Å². The Hall–Kier alpha value is -4.26. The topological polar surface area (TPSA) is 111 Å². The van der Waals surface area contributed by atoms with Crippen molar-refractivity contribution in [2.45, 2.75) is 44.4 Å². The van der Waals surface area contributed by atoms with Crippen molar-refractivity contribution >= 4 is 28.0 Å². The molecule has 4 aromatic rings. The highest BCUT2D eigenvalue weighted by molar-refractivity contribution is 7.17. The van der Waals surface area contributed by atoms with Gasteiger partial charge in [-0.3, -0.25) is 14.6 Å². The fourth-order valence-electron chi connectivity index (χ4n) is 4.55. The molecule has 0 amide bonds. The quantitative estimate of drug-likeness (QED) is 0.231. The standard InChI is InChI=1S/C28H25F3N6O3S/c29-28(30,31)40-23-6-3-4-18(15-23)14-22(38)16-21-7-9-24(34-33-21)19-11-13-37(17-19)27-36-35-26(41-27)25(39)10-8-20-5-1-2-12-32-20/h1-7,9,12,15,19H,8,10-11,13-14,16-17H2. The first-order valence-corrected chi connectivity index (χ1v) is 13.7. The van der Waals surface area contributed by atoms with E-state index in [1.54, 1.807) is 18.3 Å². The molecule has 1 saturated heterocycles. The predicted molar refractivity (Wildman–Crippen MR) is 144 cm³/mol. The molecular weight excluding hydrogens is 557 g/mol. The SMILES string of the molecule is O=C(Cc1cccc(OC(F)(F)F)c1)Cc1ccc(C2CCN(c3nnc(C(=O)CCc4ccccn4)s3)C2)nn1. The number of aryl methyl sites for hydroxylation is 1. The first-order chi connectivity index (χ1) is 19.7. The number of aromatic nitrogens is 5. The minimum absolute atomic E-state index is 0.0103. The third-order valence-corrected chi connectivity index (χ3v) is 7.54. The maximum Gasteiger partial charge on any atom is 0.573 e. The summed E-state index contributed by atoms with van der Waals surface area (Å²) in [6.07, 6.45) is -1.44. The summed E-state index contributed by atoms with van der Waals surface area (Å²) in [4.78, 5) is 31.4. The fraction of sp³-hybridized carbons (Fsp3) is 0.321. The smallest absolute Gasteiger partial charge is 0.406 e. The summed E-state index contributed by atoms with van der Waals surface area (Å²) in [6.45, 7) is 1.39. The Bertz CT molecular complexity index is 1500. The Morgan fingerprint density at radius 3 is 2.61 bits per heavy atom. The summed E-state index contributed by atoms with van der Waals surface area (Å²) in [6, 6.07) is 14.6. The first kappa shape index (κ1) is 28.3. The second kappa shape index (κ2) is 12.5. The molecule has 0 N–H and O–H groups in total. The van der Waals surface area contributed by atoms with E-state index in [0.29, 0.717) is 40.8 Å². The second-order valence-electron chi connectivity index (χ2n) is 9.60. The number of pyridine rings is 1. The summed E-state index contributed by atoms with van der Waals surface area (Å²) < 4.78 is 41.3. The lowest BCUT2D eigenvalue weighted by Crippen LogP contribution is -2.19. The van der Waals surface area contributed by atoms with Crippen molar-refractivity contribution in [3.05, 3.63) is 88.4 Å². The van der Waals surface area contributed by atoms with Crippen LogP contribution in [0.5, 0.6) is 5.75 Å². The van der Waals surface area contributed by atoms with Crippen LogP contribution in [0.25, 0.3) is 0 Å². The number of alkyl halides is 3. The highest BCUT2D eigenvalue weighted by Crippen LogP contribution is 2.32. The van der Waals surface area contributed by atoms with E-state index >= 15 is 0 Å². The molecule has 5 rings (SSSR count). The maximum absolute atomic E-state index is 12.6. The molecule has 1 aliphatic rings. The number of halogens is 3. The molecule has 4 heterocycles. The van der Waals surface area contributed by atoms with E-state index < -0.39 is 6.36 Å². The van der Waals surface area contributed by atoms with E-state index in [2.05, 4.69) is 35.0 Å².